The van der Waals surface area contributed by atoms with E-state index in [-0.39, 0.29) is 11.4 Å². The Balaban J connectivity index is 2.21. The Hall–Kier alpha value is -3.41. The monoisotopic (exact) mass is 321 g/mol. The fourth-order valence-corrected chi connectivity index (χ4v) is 2.97. The fraction of sp³-hybridized carbons (Fsp3) is 0. The van der Waals surface area contributed by atoms with Gasteiger partial charge in [0, 0.05) is 33.6 Å². The van der Waals surface area contributed by atoms with Crippen molar-refractivity contribution in [3.8, 4) is 16.9 Å². The van der Waals surface area contributed by atoms with Crippen molar-refractivity contribution < 1.29 is 14.3 Å². The van der Waals surface area contributed by atoms with E-state index in [0.29, 0.717) is 32.9 Å². The smallest absolute Gasteiger partial charge is 0.269 e. The normalized spacial score (nSPS) is 11.2. The van der Waals surface area contributed by atoms with Crippen LogP contribution in [0.15, 0.2) is 48.7 Å². The molecule has 0 saturated heterocycles. The molecule has 0 aliphatic rings. The highest BCUT2D eigenvalue weighted by Gasteiger charge is 2.19. The number of phenolic OH excluding ortho intramolecular Hbond substituents is 1. The Kier molecular flexibility index (Phi) is 2.99. The standard InChI is InChI=1S/C18H12FN3O2/c19-13-4-2-1-3-10(13)12-8-21-17(18(20)24)16-15(12)11-7-9(23)5-6-14(11)22-16/h1-8,22-23H,(H2,20,24). The maximum absolute atomic E-state index is 14.3. The minimum Gasteiger partial charge on any atom is -0.508 e. The van der Waals surface area contributed by atoms with Gasteiger partial charge in [-0.25, -0.2) is 9.37 Å². The largest absolute Gasteiger partial charge is 0.508 e. The number of amides is 1. The number of carbonyl (C=O) groups excluding carboxylic acids is 1. The fourth-order valence-electron chi connectivity index (χ4n) is 2.97. The van der Waals surface area contributed by atoms with Crippen molar-refractivity contribution in [1.82, 2.24) is 9.97 Å². The van der Waals surface area contributed by atoms with Gasteiger partial charge in [0.1, 0.15) is 11.6 Å². The first-order valence-corrected chi connectivity index (χ1v) is 7.24. The number of carbonyl (C=O) groups is 1. The van der Waals surface area contributed by atoms with Gasteiger partial charge in [-0.2, -0.15) is 0 Å². The second-order valence-corrected chi connectivity index (χ2v) is 5.47. The molecule has 1 amide bonds. The summed E-state index contributed by atoms with van der Waals surface area (Å²) in [5, 5.41) is 11.1. The molecule has 118 valence electrons. The number of benzene rings is 2. The average Bonchev–Trinajstić information content (AvgIpc) is 2.93. The highest BCUT2D eigenvalue weighted by molar-refractivity contribution is 6.19. The summed E-state index contributed by atoms with van der Waals surface area (Å²) in [6.45, 7) is 0. The maximum atomic E-state index is 14.3. The molecule has 0 bridgehead atoms. The zero-order valence-electron chi connectivity index (χ0n) is 12.4. The summed E-state index contributed by atoms with van der Waals surface area (Å²) in [7, 11) is 0. The van der Waals surface area contributed by atoms with E-state index in [9.17, 15) is 14.3 Å². The maximum Gasteiger partial charge on any atom is 0.269 e. The van der Waals surface area contributed by atoms with E-state index in [0.717, 1.165) is 0 Å². The summed E-state index contributed by atoms with van der Waals surface area (Å²) in [5.41, 5.74) is 7.46. The van der Waals surface area contributed by atoms with Gasteiger partial charge < -0.3 is 15.8 Å². The van der Waals surface area contributed by atoms with E-state index in [2.05, 4.69) is 9.97 Å². The Labute approximate surface area is 135 Å². The Morgan fingerprint density at radius 2 is 1.96 bits per heavy atom. The molecular formula is C18H12FN3O2. The number of halogens is 1. The van der Waals surface area contributed by atoms with Crippen LogP contribution in [-0.2, 0) is 0 Å². The van der Waals surface area contributed by atoms with Crippen molar-refractivity contribution in [2.45, 2.75) is 0 Å². The van der Waals surface area contributed by atoms with Gasteiger partial charge in [0.15, 0.2) is 5.69 Å². The number of aromatic hydroxyl groups is 1. The number of phenols is 1. The number of nitrogens with zero attached hydrogens (tertiary/aromatic N) is 1. The van der Waals surface area contributed by atoms with Gasteiger partial charge in [-0.1, -0.05) is 18.2 Å². The summed E-state index contributed by atoms with van der Waals surface area (Å²) in [4.78, 5) is 18.9. The van der Waals surface area contributed by atoms with E-state index >= 15 is 0 Å². The van der Waals surface area contributed by atoms with Crippen LogP contribution in [0.2, 0.25) is 0 Å². The molecule has 0 atom stereocenters. The molecule has 2 aromatic heterocycles. The van der Waals surface area contributed by atoms with Crippen LogP contribution >= 0.6 is 0 Å². The Morgan fingerprint density at radius 1 is 1.17 bits per heavy atom. The van der Waals surface area contributed by atoms with Crippen LogP contribution in [0, 0.1) is 5.82 Å². The molecule has 24 heavy (non-hydrogen) atoms. The molecular weight excluding hydrogens is 309 g/mol. The van der Waals surface area contributed by atoms with Crippen LogP contribution in [-0.4, -0.2) is 21.0 Å². The van der Waals surface area contributed by atoms with Gasteiger partial charge in [-0.05, 0) is 24.3 Å². The third-order valence-electron chi connectivity index (χ3n) is 4.01. The number of rotatable bonds is 2. The first-order valence-electron chi connectivity index (χ1n) is 7.24. The minimum atomic E-state index is -0.684. The van der Waals surface area contributed by atoms with Crippen LogP contribution in [0.1, 0.15) is 10.5 Å². The molecule has 0 radical (unpaired) electrons. The number of nitrogens with one attached hydrogen (secondary N) is 1. The van der Waals surface area contributed by atoms with Crippen LogP contribution in [0.25, 0.3) is 32.9 Å². The predicted molar refractivity (Wildman–Crippen MR) is 89.2 cm³/mol. The number of nitrogens with two attached hydrogens (primary N) is 1. The lowest BCUT2D eigenvalue weighted by Gasteiger charge is -2.07. The van der Waals surface area contributed by atoms with Gasteiger partial charge >= 0.3 is 0 Å². The lowest BCUT2D eigenvalue weighted by molar-refractivity contribution is 0.0997. The molecule has 4 rings (SSSR count). The molecule has 0 spiro atoms. The molecule has 2 aromatic carbocycles. The number of primary amides is 1. The number of hydrogen-bond acceptors (Lipinski definition) is 3. The van der Waals surface area contributed by atoms with Crippen molar-refractivity contribution in [1.29, 1.82) is 0 Å². The SMILES string of the molecule is NC(=O)c1ncc(-c2ccccc2F)c2c1[nH]c1ccc(O)cc12. The first-order chi connectivity index (χ1) is 11.6. The molecule has 0 aliphatic heterocycles. The molecule has 0 aliphatic carbocycles. The zero-order valence-corrected chi connectivity index (χ0v) is 12.4. The van der Waals surface area contributed by atoms with E-state index < -0.39 is 11.7 Å². The van der Waals surface area contributed by atoms with Gasteiger partial charge in [-0.15, -0.1) is 0 Å². The number of pyridine rings is 1. The van der Waals surface area contributed by atoms with Crippen molar-refractivity contribution in [2.75, 3.05) is 0 Å². The van der Waals surface area contributed by atoms with Crippen molar-refractivity contribution in [3.05, 3.63) is 60.2 Å². The lowest BCUT2D eigenvalue weighted by atomic mass is 10.00. The summed E-state index contributed by atoms with van der Waals surface area (Å²) >= 11 is 0. The molecule has 5 nitrogen and oxygen atoms in total. The zero-order chi connectivity index (χ0) is 16.8. The van der Waals surface area contributed by atoms with E-state index in [1.54, 1.807) is 30.3 Å². The van der Waals surface area contributed by atoms with Crippen molar-refractivity contribution >= 4 is 27.7 Å². The molecule has 0 unspecified atom stereocenters. The number of aromatic amines is 1. The second-order valence-electron chi connectivity index (χ2n) is 5.47. The Morgan fingerprint density at radius 3 is 2.71 bits per heavy atom. The van der Waals surface area contributed by atoms with E-state index in [1.165, 1.54) is 18.3 Å². The topological polar surface area (TPSA) is 92.0 Å². The predicted octanol–water partition coefficient (Wildman–Crippen LogP) is 3.33. The summed E-state index contributed by atoms with van der Waals surface area (Å²) in [5.74, 6) is -1.02. The number of hydrogen-bond donors (Lipinski definition) is 3. The average molecular weight is 321 g/mol. The first kappa shape index (κ1) is 14.2. The molecule has 6 heteroatoms. The van der Waals surface area contributed by atoms with Crippen molar-refractivity contribution in [3.63, 3.8) is 0 Å². The van der Waals surface area contributed by atoms with Crippen molar-refractivity contribution in [2.24, 2.45) is 5.73 Å². The summed E-state index contributed by atoms with van der Waals surface area (Å²) in [6.07, 6.45) is 1.43. The molecule has 4 aromatic rings. The molecule has 0 saturated carbocycles. The summed E-state index contributed by atoms with van der Waals surface area (Å²) in [6, 6.07) is 11.1. The quantitative estimate of drug-likeness (QED) is 0.529. The van der Waals surface area contributed by atoms with Crippen LogP contribution in [0.3, 0.4) is 0 Å². The third-order valence-corrected chi connectivity index (χ3v) is 4.01. The molecule has 4 N–H and O–H groups in total. The van der Waals surface area contributed by atoms with Gasteiger partial charge in [0.25, 0.3) is 5.91 Å². The van der Waals surface area contributed by atoms with Crippen LogP contribution < -0.4 is 5.73 Å². The Bertz CT molecular complexity index is 1120. The lowest BCUT2D eigenvalue weighted by Crippen LogP contribution is -2.13. The van der Waals surface area contributed by atoms with Crippen LogP contribution in [0.5, 0.6) is 5.75 Å². The van der Waals surface area contributed by atoms with Crippen LogP contribution in [0.4, 0.5) is 4.39 Å². The van der Waals surface area contributed by atoms with Gasteiger partial charge in [0.2, 0.25) is 0 Å². The highest BCUT2D eigenvalue weighted by Crippen LogP contribution is 2.37. The number of aromatic nitrogens is 2. The number of fused-ring (bicyclic) bond motifs is 3. The summed E-state index contributed by atoms with van der Waals surface area (Å²) < 4.78 is 14.3. The molecule has 0 fully saturated rings. The van der Waals surface area contributed by atoms with E-state index in [1.807, 2.05) is 0 Å². The minimum absolute atomic E-state index is 0.0697. The second kappa shape index (κ2) is 5.06. The molecule has 2 heterocycles. The van der Waals surface area contributed by atoms with Gasteiger partial charge in [0.05, 0.1) is 5.52 Å². The number of H-pyrrole nitrogens is 1. The van der Waals surface area contributed by atoms with Gasteiger partial charge in [-0.3, -0.25) is 4.79 Å². The van der Waals surface area contributed by atoms with E-state index in [4.69, 9.17) is 5.73 Å². The third kappa shape index (κ3) is 2.00. The highest BCUT2D eigenvalue weighted by atomic mass is 19.1.